The molecule has 2 aromatic rings. The van der Waals surface area contributed by atoms with E-state index in [0.29, 0.717) is 0 Å². The Bertz CT molecular complexity index is 582. The first-order chi connectivity index (χ1) is 8.36. The van der Waals surface area contributed by atoms with Gasteiger partial charge in [0, 0.05) is 0 Å². The number of hydrogen-bond acceptors (Lipinski definition) is 4. The van der Waals surface area contributed by atoms with Gasteiger partial charge in [0.05, 0.1) is 12.1 Å². The van der Waals surface area contributed by atoms with E-state index in [9.17, 15) is 4.79 Å². The lowest BCUT2D eigenvalue weighted by atomic mass is 9.89. The second-order valence-corrected chi connectivity index (χ2v) is 5.20. The maximum atomic E-state index is 11.9. The van der Waals surface area contributed by atoms with E-state index in [1.165, 1.54) is 0 Å². The lowest BCUT2D eigenvalue weighted by molar-refractivity contribution is -0.118. The monoisotopic (exact) mass is 260 g/mol. The standard InChI is InChI=1S/C12H8N2OS2/c15-12-11(9-2-4-17-7-9)10(5-13-14-12)8-1-3-16-6-8/h1-7,11H. The van der Waals surface area contributed by atoms with E-state index in [-0.39, 0.29) is 11.8 Å². The summed E-state index contributed by atoms with van der Waals surface area (Å²) in [4.78, 5) is 11.9. The summed E-state index contributed by atoms with van der Waals surface area (Å²) in [5, 5.41) is 15.4. The molecule has 0 saturated carbocycles. The van der Waals surface area contributed by atoms with Crippen LogP contribution in [0.2, 0.25) is 0 Å². The highest BCUT2D eigenvalue weighted by Gasteiger charge is 2.28. The van der Waals surface area contributed by atoms with E-state index in [1.54, 1.807) is 28.9 Å². The largest absolute Gasteiger partial charge is 0.276 e. The molecule has 1 aliphatic rings. The van der Waals surface area contributed by atoms with Crippen molar-refractivity contribution >= 4 is 34.2 Å². The fourth-order valence-corrected chi connectivity index (χ4v) is 3.20. The molecule has 84 valence electrons. The number of azo groups is 1. The molecule has 0 bridgehead atoms. The van der Waals surface area contributed by atoms with Crippen LogP contribution in [0.1, 0.15) is 17.0 Å². The average molecular weight is 260 g/mol. The molecule has 0 fully saturated rings. The Morgan fingerprint density at radius 2 is 1.94 bits per heavy atom. The smallest absolute Gasteiger partial charge is 0.270 e. The molecule has 3 heterocycles. The van der Waals surface area contributed by atoms with Gasteiger partial charge in [-0.25, -0.2) is 0 Å². The number of amides is 1. The van der Waals surface area contributed by atoms with Crippen molar-refractivity contribution in [2.45, 2.75) is 5.92 Å². The molecule has 2 aromatic heterocycles. The third kappa shape index (κ3) is 1.87. The summed E-state index contributed by atoms with van der Waals surface area (Å²) in [6, 6.07) is 3.97. The van der Waals surface area contributed by atoms with Gasteiger partial charge in [-0.3, -0.25) is 4.79 Å². The highest BCUT2D eigenvalue weighted by Crippen LogP contribution is 2.37. The van der Waals surface area contributed by atoms with Crippen LogP contribution in [0.25, 0.3) is 5.57 Å². The molecule has 0 N–H and O–H groups in total. The molecular weight excluding hydrogens is 252 g/mol. The van der Waals surface area contributed by atoms with Crippen molar-refractivity contribution in [2.75, 3.05) is 0 Å². The van der Waals surface area contributed by atoms with Gasteiger partial charge in [0.15, 0.2) is 0 Å². The van der Waals surface area contributed by atoms with Gasteiger partial charge in [0.25, 0.3) is 5.91 Å². The molecule has 0 saturated heterocycles. The van der Waals surface area contributed by atoms with Crippen molar-refractivity contribution in [3.05, 3.63) is 51.0 Å². The molecule has 5 heteroatoms. The number of hydrogen-bond donors (Lipinski definition) is 0. The van der Waals surface area contributed by atoms with E-state index >= 15 is 0 Å². The van der Waals surface area contributed by atoms with E-state index in [0.717, 1.165) is 16.7 Å². The number of carbonyl (C=O) groups excluding carboxylic acids is 1. The van der Waals surface area contributed by atoms with Crippen molar-refractivity contribution < 1.29 is 4.79 Å². The molecule has 0 aliphatic carbocycles. The summed E-state index contributed by atoms with van der Waals surface area (Å²) >= 11 is 3.20. The second-order valence-electron chi connectivity index (χ2n) is 3.64. The first-order valence-corrected chi connectivity index (χ1v) is 6.94. The first-order valence-electron chi connectivity index (χ1n) is 5.05. The van der Waals surface area contributed by atoms with E-state index in [2.05, 4.69) is 10.2 Å². The number of rotatable bonds is 2. The summed E-state index contributed by atoms with van der Waals surface area (Å²) in [6.45, 7) is 0. The number of carbonyl (C=O) groups is 1. The topological polar surface area (TPSA) is 41.8 Å². The highest BCUT2D eigenvalue weighted by atomic mass is 32.1. The van der Waals surface area contributed by atoms with Gasteiger partial charge < -0.3 is 0 Å². The lowest BCUT2D eigenvalue weighted by Crippen LogP contribution is -2.13. The zero-order valence-electron chi connectivity index (χ0n) is 8.74. The zero-order valence-corrected chi connectivity index (χ0v) is 10.4. The predicted molar refractivity (Wildman–Crippen MR) is 69.2 cm³/mol. The van der Waals surface area contributed by atoms with Gasteiger partial charge >= 0.3 is 0 Å². The van der Waals surface area contributed by atoms with Crippen LogP contribution in [0.3, 0.4) is 0 Å². The van der Waals surface area contributed by atoms with Gasteiger partial charge in [0.2, 0.25) is 0 Å². The zero-order chi connectivity index (χ0) is 11.7. The van der Waals surface area contributed by atoms with Crippen molar-refractivity contribution in [3.63, 3.8) is 0 Å². The molecule has 3 nitrogen and oxygen atoms in total. The van der Waals surface area contributed by atoms with Gasteiger partial charge in [-0.15, -0.1) is 5.11 Å². The fourth-order valence-electron chi connectivity index (χ4n) is 1.84. The number of nitrogens with zero attached hydrogens (tertiary/aromatic N) is 2. The minimum Gasteiger partial charge on any atom is -0.270 e. The summed E-state index contributed by atoms with van der Waals surface area (Å²) < 4.78 is 0. The molecule has 0 radical (unpaired) electrons. The maximum absolute atomic E-state index is 11.9. The van der Waals surface area contributed by atoms with Crippen LogP contribution in [0.4, 0.5) is 0 Å². The van der Waals surface area contributed by atoms with E-state index in [4.69, 9.17) is 0 Å². The van der Waals surface area contributed by atoms with E-state index in [1.807, 2.05) is 33.7 Å². The molecule has 3 rings (SSSR count). The number of thiophene rings is 2. The summed E-state index contributed by atoms with van der Waals surface area (Å²) in [6.07, 6.45) is 1.69. The van der Waals surface area contributed by atoms with Gasteiger partial charge in [0.1, 0.15) is 0 Å². The Morgan fingerprint density at radius 1 is 1.12 bits per heavy atom. The molecule has 1 amide bonds. The lowest BCUT2D eigenvalue weighted by Gasteiger charge is -2.16. The van der Waals surface area contributed by atoms with Crippen LogP contribution in [-0.2, 0) is 4.79 Å². The SMILES string of the molecule is O=C1N=NC=C(c2ccsc2)C1c1ccsc1. The fraction of sp³-hybridized carbons (Fsp3) is 0.0833. The Hall–Kier alpha value is -1.59. The summed E-state index contributed by atoms with van der Waals surface area (Å²) in [5.41, 5.74) is 2.99. The quantitative estimate of drug-likeness (QED) is 0.806. The molecule has 1 aliphatic heterocycles. The Morgan fingerprint density at radius 3 is 2.65 bits per heavy atom. The third-order valence-corrected chi connectivity index (χ3v) is 4.03. The maximum Gasteiger partial charge on any atom is 0.276 e. The van der Waals surface area contributed by atoms with Gasteiger partial charge in [-0.2, -0.15) is 27.8 Å². The van der Waals surface area contributed by atoms with Gasteiger partial charge in [-0.1, -0.05) is 0 Å². The molecule has 0 aromatic carbocycles. The van der Waals surface area contributed by atoms with Crippen molar-refractivity contribution in [2.24, 2.45) is 10.2 Å². The third-order valence-electron chi connectivity index (χ3n) is 2.64. The highest BCUT2D eigenvalue weighted by molar-refractivity contribution is 7.08. The van der Waals surface area contributed by atoms with Crippen LogP contribution < -0.4 is 0 Å². The van der Waals surface area contributed by atoms with Crippen LogP contribution in [-0.4, -0.2) is 5.91 Å². The first kappa shape index (κ1) is 10.6. The molecule has 1 unspecified atom stereocenters. The van der Waals surface area contributed by atoms with Crippen LogP contribution in [0.15, 0.2) is 50.1 Å². The van der Waals surface area contributed by atoms with Crippen LogP contribution >= 0.6 is 22.7 Å². The second kappa shape index (κ2) is 4.35. The molecule has 0 spiro atoms. The van der Waals surface area contributed by atoms with Crippen LogP contribution in [0, 0.1) is 0 Å². The Kier molecular flexibility index (Phi) is 2.70. The Balaban J connectivity index is 2.08. The summed E-state index contributed by atoms with van der Waals surface area (Å²) in [7, 11) is 0. The average Bonchev–Trinajstić information content (AvgIpc) is 3.02. The van der Waals surface area contributed by atoms with E-state index < -0.39 is 0 Å². The van der Waals surface area contributed by atoms with Crippen molar-refractivity contribution in [3.8, 4) is 0 Å². The van der Waals surface area contributed by atoms with Crippen LogP contribution in [0.5, 0.6) is 0 Å². The summed E-state index contributed by atoms with van der Waals surface area (Å²) in [5.74, 6) is -0.486. The minimum atomic E-state index is -0.298. The van der Waals surface area contributed by atoms with Gasteiger partial charge in [-0.05, 0) is 50.4 Å². The normalized spacial score (nSPS) is 19.4. The minimum absolute atomic E-state index is 0.188. The van der Waals surface area contributed by atoms with Crippen molar-refractivity contribution in [1.29, 1.82) is 0 Å². The predicted octanol–water partition coefficient (Wildman–Crippen LogP) is 3.93. The van der Waals surface area contributed by atoms with Crippen molar-refractivity contribution in [1.82, 2.24) is 0 Å². The molecular formula is C12H8N2OS2. The molecule has 17 heavy (non-hydrogen) atoms. The molecule has 1 atom stereocenters. The Labute approximate surface area is 106 Å².